The Balaban J connectivity index is 1.82. The number of aliphatic hydroxyl groups is 1. The lowest BCUT2D eigenvalue weighted by Gasteiger charge is -2.49. The van der Waals surface area contributed by atoms with E-state index < -0.39 is 5.60 Å². The summed E-state index contributed by atoms with van der Waals surface area (Å²) in [6.45, 7) is 3.65. The summed E-state index contributed by atoms with van der Waals surface area (Å²) in [7, 11) is 0. The minimum absolute atomic E-state index is 0.315. The summed E-state index contributed by atoms with van der Waals surface area (Å²) in [6.07, 6.45) is 2.50. The molecular weight excluding hydrogens is 270 g/mol. The van der Waals surface area contributed by atoms with Crippen molar-refractivity contribution in [2.45, 2.75) is 18.4 Å². The number of nitrogens with one attached hydrogen (secondary N) is 1. The molecule has 0 saturated carbocycles. The molecule has 0 aromatic heterocycles. The van der Waals surface area contributed by atoms with Gasteiger partial charge in [-0.1, -0.05) is 60.7 Å². The zero-order chi connectivity index (χ0) is 15.0. The van der Waals surface area contributed by atoms with E-state index in [1.165, 1.54) is 25.9 Å². The molecule has 2 bridgehead atoms. The van der Waals surface area contributed by atoms with Gasteiger partial charge in [-0.3, -0.25) is 0 Å². The molecule has 0 spiro atoms. The number of hydrogen-bond donors (Lipinski definition) is 2. The highest BCUT2D eigenvalue weighted by atomic mass is 16.3. The molecule has 3 saturated heterocycles. The van der Waals surface area contributed by atoms with Crippen molar-refractivity contribution in [1.82, 2.24) is 0 Å². The van der Waals surface area contributed by atoms with Gasteiger partial charge in [0.15, 0.2) is 0 Å². The van der Waals surface area contributed by atoms with Crippen LogP contribution < -0.4 is 4.90 Å². The van der Waals surface area contributed by atoms with E-state index in [0.717, 1.165) is 17.7 Å². The van der Waals surface area contributed by atoms with E-state index >= 15 is 0 Å². The molecule has 2 aromatic rings. The van der Waals surface area contributed by atoms with E-state index in [1.807, 2.05) is 36.4 Å². The molecule has 2 aromatic carbocycles. The Kier molecular flexibility index (Phi) is 3.51. The Hall–Kier alpha value is -1.64. The topological polar surface area (TPSA) is 24.7 Å². The van der Waals surface area contributed by atoms with Gasteiger partial charge in [-0.2, -0.15) is 0 Å². The quantitative estimate of drug-likeness (QED) is 0.887. The second-order valence-electron chi connectivity index (χ2n) is 6.90. The molecule has 2 nitrogen and oxygen atoms in total. The summed E-state index contributed by atoms with van der Waals surface area (Å²) >= 11 is 0. The van der Waals surface area contributed by atoms with Crippen LogP contribution in [0.25, 0.3) is 0 Å². The minimum Gasteiger partial charge on any atom is -0.380 e. The maximum absolute atomic E-state index is 11.9. The number of hydrogen-bond acceptors (Lipinski definition) is 1. The van der Waals surface area contributed by atoms with Crippen molar-refractivity contribution in [1.29, 1.82) is 0 Å². The van der Waals surface area contributed by atoms with E-state index in [2.05, 4.69) is 24.3 Å². The highest BCUT2D eigenvalue weighted by Crippen LogP contribution is 2.43. The number of piperidine rings is 3. The van der Waals surface area contributed by atoms with Gasteiger partial charge in [0.2, 0.25) is 0 Å². The molecule has 5 rings (SSSR count). The third-order valence-corrected chi connectivity index (χ3v) is 5.78. The smallest absolute Gasteiger partial charge is 0.123 e. The van der Waals surface area contributed by atoms with Gasteiger partial charge in [0.05, 0.1) is 19.6 Å². The fourth-order valence-electron chi connectivity index (χ4n) is 4.60. The predicted molar refractivity (Wildman–Crippen MR) is 87.7 cm³/mol. The van der Waals surface area contributed by atoms with Gasteiger partial charge in [0, 0.05) is 18.8 Å². The Morgan fingerprint density at radius 1 is 0.818 bits per heavy atom. The van der Waals surface area contributed by atoms with Crippen molar-refractivity contribution >= 4 is 0 Å². The van der Waals surface area contributed by atoms with Crippen LogP contribution in [0.3, 0.4) is 0 Å². The first-order valence-electron chi connectivity index (χ1n) is 8.45. The standard InChI is InChI=1S/C20H23NO/c22-20(17-7-3-1-4-8-17,18-9-5-2-6-10-18)19-15-21-13-11-16(19)12-14-21/h1-10,16,19,22H,11-15H2/p+1. The lowest BCUT2D eigenvalue weighted by molar-refractivity contribution is -0.922. The normalized spacial score (nSPS) is 27.8. The number of quaternary nitrogens is 1. The molecule has 3 heterocycles. The molecule has 114 valence electrons. The SMILES string of the molecule is OC(c1ccccc1)(c1ccccc1)C1C[NH+]2CCC1CC2. The first-order valence-corrected chi connectivity index (χ1v) is 8.45. The van der Waals surface area contributed by atoms with Gasteiger partial charge in [0.25, 0.3) is 0 Å². The summed E-state index contributed by atoms with van der Waals surface area (Å²) in [6, 6.07) is 20.5. The monoisotopic (exact) mass is 294 g/mol. The van der Waals surface area contributed by atoms with Crippen LogP contribution in [0.1, 0.15) is 24.0 Å². The Bertz CT molecular complexity index is 577. The van der Waals surface area contributed by atoms with E-state index in [1.54, 1.807) is 4.90 Å². The van der Waals surface area contributed by atoms with Gasteiger partial charge in [-0.25, -0.2) is 0 Å². The van der Waals surface area contributed by atoms with E-state index in [0.29, 0.717) is 11.8 Å². The molecule has 1 unspecified atom stereocenters. The van der Waals surface area contributed by atoms with Crippen molar-refractivity contribution in [3.63, 3.8) is 0 Å². The largest absolute Gasteiger partial charge is 0.380 e. The predicted octanol–water partition coefficient (Wildman–Crippen LogP) is 1.85. The summed E-state index contributed by atoms with van der Waals surface area (Å²) in [5, 5.41) is 11.9. The van der Waals surface area contributed by atoms with Crippen molar-refractivity contribution < 1.29 is 10.0 Å². The van der Waals surface area contributed by atoms with Crippen molar-refractivity contribution in [2.75, 3.05) is 19.6 Å². The van der Waals surface area contributed by atoms with E-state index in [4.69, 9.17) is 0 Å². The zero-order valence-corrected chi connectivity index (χ0v) is 12.9. The van der Waals surface area contributed by atoms with Gasteiger partial charge >= 0.3 is 0 Å². The van der Waals surface area contributed by atoms with Gasteiger partial charge in [0.1, 0.15) is 5.60 Å². The van der Waals surface area contributed by atoms with E-state index in [9.17, 15) is 5.11 Å². The number of benzene rings is 2. The molecule has 2 N–H and O–H groups in total. The van der Waals surface area contributed by atoms with E-state index in [-0.39, 0.29) is 0 Å². The molecule has 0 amide bonds. The highest BCUT2D eigenvalue weighted by Gasteiger charge is 2.50. The Morgan fingerprint density at radius 3 is 1.73 bits per heavy atom. The summed E-state index contributed by atoms with van der Waals surface area (Å²) in [5.74, 6) is 0.956. The third-order valence-electron chi connectivity index (χ3n) is 5.78. The molecule has 0 radical (unpaired) electrons. The molecule has 22 heavy (non-hydrogen) atoms. The fourth-order valence-corrected chi connectivity index (χ4v) is 4.60. The summed E-state index contributed by atoms with van der Waals surface area (Å²) in [4.78, 5) is 1.66. The second kappa shape index (κ2) is 5.53. The molecule has 3 aliphatic rings. The number of rotatable bonds is 3. The van der Waals surface area contributed by atoms with Crippen LogP contribution in [0.5, 0.6) is 0 Å². The second-order valence-corrected chi connectivity index (χ2v) is 6.90. The van der Waals surface area contributed by atoms with Gasteiger partial charge < -0.3 is 10.0 Å². The molecule has 1 atom stereocenters. The molecule has 3 fully saturated rings. The van der Waals surface area contributed by atoms with Crippen molar-refractivity contribution in [3.05, 3.63) is 71.8 Å². The Labute approximate surface area is 132 Å². The molecular formula is C20H24NO+. The zero-order valence-electron chi connectivity index (χ0n) is 12.9. The van der Waals surface area contributed by atoms with Gasteiger partial charge in [-0.15, -0.1) is 0 Å². The molecule has 0 aliphatic carbocycles. The third kappa shape index (κ3) is 2.18. The lowest BCUT2D eigenvalue weighted by atomic mass is 9.65. The van der Waals surface area contributed by atoms with Crippen LogP contribution in [0.2, 0.25) is 0 Å². The van der Waals surface area contributed by atoms with Gasteiger partial charge in [-0.05, 0) is 17.0 Å². The van der Waals surface area contributed by atoms with Crippen molar-refractivity contribution in [3.8, 4) is 0 Å². The van der Waals surface area contributed by atoms with Crippen LogP contribution in [-0.2, 0) is 5.60 Å². The van der Waals surface area contributed by atoms with Crippen molar-refractivity contribution in [2.24, 2.45) is 11.8 Å². The van der Waals surface area contributed by atoms with Crippen LogP contribution in [-0.4, -0.2) is 24.7 Å². The van der Waals surface area contributed by atoms with Crippen LogP contribution in [0.15, 0.2) is 60.7 Å². The fraction of sp³-hybridized carbons (Fsp3) is 0.400. The summed E-state index contributed by atoms with van der Waals surface area (Å²) < 4.78 is 0. The number of fused-ring (bicyclic) bond motifs is 3. The van der Waals surface area contributed by atoms with Crippen LogP contribution >= 0.6 is 0 Å². The first kappa shape index (κ1) is 14.0. The molecule has 2 heteroatoms. The summed E-state index contributed by atoms with van der Waals surface area (Å²) in [5.41, 5.74) is 1.22. The highest BCUT2D eigenvalue weighted by molar-refractivity contribution is 5.37. The molecule has 3 aliphatic heterocycles. The average Bonchev–Trinajstić information content (AvgIpc) is 2.63. The lowest BCUT2D eigenvalue weighted by Crippen LogP contribution is -3.16. The minimum atomic E-state index is -0.862. The Morgan fingerprint density at radius 2 is 1.32 bits per heavy atom. The van der Waals surface area contributed by atoms with Crippen LogP contribution in [0.4, 0.5) is 0 Å². The average molecular weight is 294 g/mol. The van der Waals surface area contributed by atoms with Crippen LogP contribution in [0, 0.1) is 11.8 Å². The first-order chi connectivity index (χ1) is 10.8. The maximum Gasteiger partial charge on any atom is 0.123 e. The maximum atomic E-state index is 11.9.